The molecule has 1 aromatic heterocycles. The Labute approximate surface area is 88.5 Å². The van der Waals surface area contributed by atoms with Crippen LogP contribution in [0.5, 0.6) is 0 Å². The molecule has 0 aromatic carbocycles. The second kappa shape index (κ2) is 4.12. The maximum absolute atomic E-state index is 10.2. The van der Waals surface area contributed by atoms with Gasteiger partial charge in [0, 0.05) is 25.8 Å². The standard InChI is InChI=1S/C10H15N3O2/c1-8-10(14,3-5-15-8)6-12-9-2-4-11-7-13-9/h2,4,7-8,14H,3,5-6H2,1H3,(H,11,12,13). The van der Waals surface area contributed by atoms with Crippen LogP contribution in [0.1, 0.15) is 13.3 Å². The maximum atomic E-state index is 10.2. The van der Waals surface area contributed by atoms with Crippen molar-refractivity contribution in [1.82, 2.24) is 9.97 Å². The summed E-state index contributed by atoms with van der Waals surface area (Å²) in [5.74, 6) is 0.720. The van der Waals surface area contributed by atoms with Crippen molar-refractivity contribution in [2.75, 3.05) is 18.5 Å². The van der Waals surface area contributed by atoms with Crippen LogP contribution in [-0.2, 0) is 4.74 Å². The third kappa shape index (κ3) is 2.24. The molecule has 2 atom stereocenters. The van der Waals surface area contributed by atoms with E-state index >= 15 is 0 Å². The van der Waals surface area contributed by atoms with Gasteiger partial charge in [0.1, 0.15) is 17.7 Å². The van der Waals surface area contributed by atoms with Crippen LogP contribution >= 0.6 is 0 Å². The lowest BCUT2D eigenvalue weighted by Gasteiger charge is -2.26. The summed E-state index contributed by atoms with van der Waals surface area (Å²) in [6.45, 7) is 2.95. The summed E-state index contributed by atoms with van der Waals surface area (Å²) in [6.07, 6.45) is 3.66. The molecule has 5 nitrogen and oxygen atoms in total. The summed E-state index contributed by atoms with van der Waals surface area (Å²) < 4.78 is 5.33. The monoisotopic (exact) mass is 209 g/mol. The van der Waals surface area contributed by atoms with Gasteiger partial charge in [0.25, 0.3) is 0 Å². The van der Waals surface area contributed by atoms with Gasteiger partial charge in [0.15, 0.2) is 0 Å². The first-order valence-electron chi connectivity index (χ1n) is 5.04. The molecule has 1 fully saturated rings. The Kier molecular flexibility index (Phi) is 2.83. The van der Waals surface area contributed by atoms with Crippen LogP contribution in [0, 0.1) is 0 Å². The minimum absolute atomic E-state index is 0.133. The van der Waals surface area contributed by atoms with E-state index < -0.39 is 5.60 Å². The van der Waals surface area contributed by atoms with E-state index in [4.69, 9.17) is 4.74 Å². The molecule has 0 amide bonds. The van der Waals surface area contributed by atoms with Crippen molar-refractivity contribution in [3.63, 3.8) is 0 Å². The van der Waals surface area contributed by atoms with Crippen molar-refractivity contribution >= 4 is 5.82 Å². The molecule has 0 bridgehead atoms. The largest absolute Gasteiger partial charge is 0.385 e. The summed E-state index contributed by atoms with van der Waals surface area (Å²) >= 11 is 0. The van der Waals surface area contributed by atoms with Crippen molar-refractivity contribution in [1.29, 1.82) is 0 Å². The number of hydrogen-bond acceptors (Lipinski definition) is 5. The third-order valence-electron chi connectivity index (χ3n) is 2.82. The van der Waals surface area contributed by atoms with Crippen molar-refractivity contribution in [2.45, 2.75) is 25.0 Å². The van der Waals surface area contributed by atoms with E-state index in [-0.39, 0.29) is 6.10 Å². The average Bonchev–Trinajstić information content (AvgIpc) is 2.59. The molecular formula is C10H15N3O2. The van der Waals surface area contributed by atoms with Gasteiger partial charge in [-0.25, -0.2) is 9.97 Å². The SMILES string of the molecule is CC1OCCC1(O)CNc1ccncn1. The van der Waals surface area contributed by atoms with Crippen LogP contribution < -0.4 is 5.32 Å². The molecule has 2 N–H and O–H groups in total. The van der Waals surface area contributed by atoms with Crippen LogP contribution in [-0.4, -0.2) is 39.9 Å². The zero-order valence-electron chi connectivity index (χ0n) is 8.68. The van der Waals surface area contributed by atoms with Crippen molar-refractivity contribution < 1.29 is 9.84 Å². The number of hydrogen-bond donors (Lipinski definition) is 2. The highest BCUT2D eigenvalue weighted by molar-refractivity contribution is 5.32. The minimum atomic E-state index is -0.787. The second-order valence-electron chi connectivity index (χ2n) is 3.81. The topological polar surface area (TPSA) is 67.3 Å². The molecule has 1 aromatic rings. The number of ether oxygens (including phenoxy) is 1. The Morgan fingerprint density at radius 3 is 3.20 bits per heavy atom. The molecule has 0 radical (unpaired) electrons. The summed E-state index contributed by atoms with van der Waals surface area (Å²) in [5.41, 5.74) is -0.787. The summed E-state index contributed by atoms with van der Waals surface area (Å²) in [5, 5.41) is 13.3. The molecular weight excluding hydrogens is 194 g/mol. The number of aliphatic hydroxyl groups is 1. The van der Waals surface area contributed by atoms with E-state index in [9.17, 15) is 5.11 Å². The van der Waals surface area contributed by atoms with Crippen molar-refractivity contribution in [3.05, 3.63) is 18.6 Å². The quantitative estimate of drug-likeness (QED) is 0.755. The smallest absolute Gasteiger partial charge is 0.129 e. The van der Waals surface area contributed by atoms with Crippen molar-refractivity contribution in [3.8, 4) is 0 Å². The van der Waals surface area contributed by atoms with Gasteiger partial charge >= 0.3 is 0 Å². The van der Waals surface area contributed by atoms with Gasteiger partial charge in [0.05, 0.1) is 6.10 Å². The molecule has 15 heavy (non-hydrogen) atoms. The second-order valence-corrected chi connectivity index (χ2v) is 3.81. The highest BCUT2D eigenvalue weighted by atomic mass is 16.5. The average molecular weight is 209 g/mol. The van der Waals surface area contributed by atoms with Crippen LogP contribution in [0.15, 0.2) is 18.6 Å². The van der Waals surface area contributed by atoms with Crippen LogP contribution in [0.2, 0.25) is 0 Å². The minimum Gasteiger partial charge on any atom is -0.385 e. The molecule has 5 heteroatoms. The van der Waals surface area contributed by atoms with E-state index in [1.807, 2.05) is 6.92 Å². The summed E-state index contributed by atoms with van der Waals surface area (Å²) in [7, 11) is 0. The number of aromatic nitrogens is 2. The molecule has 2 rings (SSSR count). The van der Waals surface area contributed by atoms with Crippen LogP contribution in [0.4, 0.5) is 5.82 Å². The predicted molar refractivity (Wildman–Crippen MR) is 55.5 cm³/mol. The molecule has 2 unspecified atom stereocenters. The molecule has 1 aliphatic rings. The van der Waals surface area contributed by atoms with Gasteiger partial charge in [-0.15, -0.1) is 0 Å². The van der Waals surface area contributed by atoms with Gasteiger partial charge in [-0.1, -0.05) is 0 Å². The summed E-state index contributed by atoms with van der Waals surface area (Å²) in [6, 6.07) is 1.77. The van der Waals surface area contributed by atoms with Gasteiger partial charge in [0.2, 0.25) is 0 Å². The number of rotatable bonds is 3. The van der Waals surface area contributed by atoms with Crippen molar-refractivity contribution in [2.24, 2.45) is 0 Å². The van der Waals surface area contributed by atoms with E-state index in [1.54, 1.807) is 12.3 Å². The maximum Gasteiger partial charge on any atom is 0.129 e. The first-order chi connectivity index (χ1) is 7.21. The van der Waals surface area contributed by atoms with E-state index in [0.29, 0.717) is 19.6 Å². The van der Waals surface area contributed by atoms with Crippen LogP contribution in [0.25, 0.3) is 0 Å². The number of nitrogens with zero attached hydrogens (tertiary/aromatic N) is 2. The normalized spacial score (nSPS) is 30.4. The van der Waals surface area contributed by atoms with E-state index in [2.05, 4.69) is 15.3 Å². The third-order valence-corrected chi connectivity index (χ3v) is 2.82. The highest BCUT2D eigenvalue weighted by Crippen LogP contribution is 2.25. The molecule has 2 heterocycles. The zero-order chi connectivity index (χ0) is 10.7. The number of nitrogens with one attached hydrogen (secondary N) is 1. The fourth-order valence-corrected chi connectivity index (χ4v) is 1.64. The number of anilines is 1. The molecule has 1 aliphatic heterocycles. The lowest BCUT2D eigenvalue weighted by molar-refractivity contribution is -0.0176. The Hall–Kier alpha value is -1.20. The predicted octanol–water partition coefficient (Wildman–Crippen LogP) is 0.428. The van der Waals surface area contributed by atoms with E-state index in [0.717, 1.165) is 5.82 Å². The van der Waals surface area contributed by atoms with Gasteiger partial charge in [-0.3, -0.25) is 0 Å². The Morgan fingerprint density at radius 2 is 2.60 bits per heavy atom. The van der Waals surface area contributed by atoms with Gasteiger partial charge < -0.3 is 15.2 Å². The zero-order valence-corrected chi connectivity index (χ0v) is 8.68. The molecule has 0 saturated carbocycles. The first kappa shape index (κ1) is 10.3. The Balaban J connectivity index is 1.93. The molecule has 0 aliphatic carbocycles. The Bertz CT molecular complexity index is 320. The molecule has 82 valence electrons. The summed E-state index contributed by atoms with van der Waals surface area (Å²) in [4.78, 5) is 7.84. The van der Waals surface area contributed by atoms with Gasteiger partial charge in [-0.2, -0.15) is 0 Å². The molecule has 0 spiro atoms. The first-order valence-corrected chi connectivity index (χ1v) is 5.04. The van der Waals surface area contributed by atoms with E-state index in [1.165, 1.54) is 6.33 Å². The lowest BCUT2D eigenvalue weighted by Crippen LogP contribution is -2.43. The van der Waals surface area contributed by atoms with Gasteiger partial charge in [-0.05, 0) is 13.0 Å². The lowest BCUT2D eigenvalue weighted by atomic mass is 9.97. The Morgan fingerprint density at radius 1 is 1.73 bits per heavy atom. The van der Waals surface area contributed by atoms with Crippen LogP contribution in [0.3, 0.4) is 0 Å². The fourth-order valence-electron chi connectivity index (χ4n) is 1.64. The fraction of sp³-hybridized carbons (Fsp3) is 0.600. The highest BCUT2D eigenvalue weighted by Gasteiger charge is 2.39. The molecule has 1 saturated heterocycles.